The van der Waals surface area contributed by atoms with Gasteiger partial charge >= 0.3 is 6.18 Å². The van der Waals surface area contributed by atoms with Gasteiger partial charge in [0.1, 0.15) is 6.04 Å². The van der Waals surface area contributed by atoms with Crippen molar-refractivity contribution in [3.63, 3.8) is 0 Å². The molecular formula is C19H21F3N2. The van der Waals surface area contributed by atoms with Gasteiger partial charge in [0, 0.05) is 5.54 Å². The fraction of sp³-hybridized carbons (Fsp3) is 0.632. The average molecular weight is 334 g/mol. The first-order valence-corrected chi connectivity index (χ1v) is 8.72. The summed E-state index contributed by atoms with van der Waals surface area (Å²) in [6.07, 6.45) is 2.36. The molecule has 1 aromatic rings. The van der Waals surface area contributed by atoms with Crippen LogP contribution in [-0.2, 0) is 6.18 Å². The second-order valence-corrected chi connectivity index (χ2v) is 7.99. The van der Waals surface area contributed by atoms with E-state index in [0.717, 1.165) is 25.3 Å². The lowest BCUT2D eigenvalue weighted by Gasteiger charge is -2.57. The van der Waals surface area contributed by atoms with Gasteiger partial charge in [0.05, 0.1) is 11.6 Å². The minimum atomic E-state index is -4.44. The molecule has 5 heteroatoms. The van der Waals surface area contributed by atoms with Crippen LogP contribution in [0, 0.1) is 29.1 Å². The third-order valence-corrected chi connectivity index (χ3v) is 6.20. The highest BCUT2D eigenvalue weighted by molar-refractivity contribution is 5.36. The predicted molar refractivity (Wildman–Crippen MR) is 83.8 cm³/mol. The molecule has 1 N–H and O–H groups in total. The second kappa shape index (κ2) is 5.49. The molecule has 0 saturated heterocycles. The van der Waals surface area contributed by atoms with Crippen LogP contribution < -0.4 is 5.32 Å². The molecule has 0 spiro atoms. The molecule has 0 heterocycles. The van der Waals surface area contributed by atoms with E-state index in [1.54, 1.807) is 6.07 Å². The van der Waals surface area contributed by atoms with Gasteiger partial charge in [-0.2, -0.15) is 18.4 Å². The third kappa shape index (κ3) is 2.71. The first-order chi connectivity index (χ1) is 11.4. The Morgan fingerprint density at radius 2 is 1.58 bits per heavy atom. The van der Waals surface area contributed by atoms with E-state index in [9.17, 15) is 18.4 Å². The van der Waals surface area contributed by atoms with Crippen molar-refractivity contribution in [3.8, 4) is 6.07 Å². The maximum atomic E-state index is 13.3. The summed E-state index contributed by atoms with van der Waals surface area (Å²) in [7, 11) is 0. The molecule has 0 aromatic heterocycles. The molecule has 4 bridgehead atoms. The molecule has 4 saturated carbocycles. The van der Waals surface area contributed by atoms with Gasteiger partial charge in [-0.15, -0.1) is 0 Å². The van der Waals surface area contributed by atoms with Crippen molar-refractivity contribution in [2.75, 3.05) is 0 Å². The number of rotatable bonds is 3. The first kappa shape index (κ1) is 16.0. The molecule has 24 heavy (non-hydrogen) atoms. The first-order valence-electron chi connectivity index (χ1n) is 8.72. The molecule has 2 nitrogen and oxygen atoms in total. The summed E-state index contributed by atoms with van der Waals surface area (Å²) in [4.78, 5) is 0. The number of benzene rings is 1. The van der Waals surface area contributed by atoms with Gasteiger partial charge in [0.2, 0.25) is 0 Å². The Hall–Kier alpha value is -1.54. The van der Waals surface area contributed by atoms with E-state index >= 15 is 0 Å². The van der Waals surface area contributed by atoms with Gasteiger partial charge in [0.15, 0.2) is 0 Å². The Balaban J connectivity index is 1.63. The molecular weight excluding hydrogens is 313 g/mol. The molecule has 0 amide bonds. The van der Waals surface area contributed by atoms with Gasteiger partial charge in [-0.25, -0.2) is 0 Å². The van der Waals surface area contributed by atoms with Crippen LogP contribution >= 0.6 is 0 Å². The Morgan fingerprint density at radius 3 is 2.08 bits per heavy atom. The number of nitriles is 1. The van der Waals surface area contributed by atoms with E-state index in [0.29, 0.717) is 17.8 Å². The van der Waals surface area contributed by atoms with E-state index in [1.807, 2.05) is 0 Å². The lowest BCUT2D eigenvalue weighted by molar-refractivity contribution is -0.138. The normalized spacial score (nSPS) is 35.7. The van der Waals surface area contributed by atoms with Crippen LogP contribution in [0.15, 0.2) is 24.3 Å². The molecule has 4 aliphatic carbocycles. The zero-order valence-corrected chi connectivity index (χ0v) is 13.4. The molecule has 1 atom stereocenters. The van der Waals surface area contributed by atoms with E-state index in [2.05, 4.69) is 11.4 Å². The van der Waals surface area contributed by atoms with Crippen LogP contribution in [0.25, 0.3) is 0 Å². The van der Waals surface area contributed by atoms with Crippen LogP contribution in [0.1, 0.15) is 55.7 Å². The summed E-state index contributed by atoms with van der Waals surface area (Å²) in [6.45, 7) is 0. The van der Waals surface area contributed by atoms with E-state index in [4.69, 9.17) is 0 Å². The highest BCUT2D eigenvalue weighted by atomic mass is 19.4. The standard InChI is InChI=1S/C19H21F3N2/c20-19(21,22)16-4-2-1-3-15(16)17(11-23)24-18-8-12-5-13(9-18)7-14(6-12)10-18/h1-4,12-14,17,24H,5-10H2/t12?,13?,14?,17-,18?/m0/s1. The zero-order valence-electron chi connectivity index (χ0n) is 13.4. The van der Waals surface area contributed by atoms with Crippen molar-refractivity contribution >= 4 is 0 Å². The zero-order chi connectivity index (χ0) is 16.9. The molecule has 128 valence electrons. The predicted octanol–water partition coefficient (Wildman–Crippen LogP) is 4.83. The number of nitrogens with one attached hydrogen (secondary N) is 1. The maximum Gasteiger partial charge on any atom is 0.416 e. The Kier molecular flexibility index (Phi) is 3.65. The van der Waals surface area contributed by atoms with Gasteiger partial charge in [-0.05, 0) is 67.9 Å². The van der Waals surface area contributed by atoms with Crippen molar-refractivity contribution in [3.05, 3.63) is 35.4 Å². The molecule has 4 aliphatic rings. The largest absolute Gasteiger partial charge is 0.416 e. The van der Waals surface area contributed by atoms with Gasteiger partial charge in [0.25, 0.3) is 0 Å². The fourth-order valence-corrected chi connectivity index (χ4v) is 5.78. The summed E-state index contributed by atoms with van der Waals surface area (Å²) >= 11 is 0. The SMILES string of the molecule is N#C[C@H](NC12CC3CC(CC(C3)C1)C2)c1ccccc1C(F)(F)F. The number of nitrogens with zero attached hydrogens (tertiary/aromatic N) is 1. The molecule has 0 radical (unpaired) electrons. The van der Waals surface area contributed by atoms with Crippen molar-refractivity contribution in [1.29, 1.82) is 5.26 Å². The summed E-state index contributed by atoms with van der Waals surface area (Å²) in [6, 6.07) is 6.66. The van der Waals surface area contributed by atoms with Crippen LogP contribution in [0.2, 0.25) is 0 Å². The van der Waals surface area contributed by atoms with Gasteiger partial charge in [-0.1, -0.05) is 18.2 Å². The average Bonchev–Trinajstić information content (AvgIpc) is 2.50. The van der Waals surface area contributed by atoms with E-state index in [-0.39, 0.29) is 11.1 Å². The lowest BCUT2D eigenvalue weighted by atomic mass is 9.53. The van der Waals surface area contributed by atoms with Crippen LogP contribution in [-0.4, -0.2) is 5.54 Å². The lowest BCUT2D eigenvalue weighted by Crippen LogP contribution is -2.59. The second-order valence-electron chi connectivity index (χ2n) is 7.99. The van der Waals surface area contributed by atoms with Crippen molar-refractivity contribution in [1.82, 2.24) is 5.32 Å². The van der Waals surface area contributed by atoms with Crippen molar-refractivity contribution in [2.24, 2.45) is 17.8 Å². The maximum absolute atomic E-state index is 13.3. The summed E-state index contributed by atoms with van der Waals surface area (Å²) in [5.74, 6) is 2.04. The molecule has 0 unspecified atom stereocenters. The number of halogens is 3. The highest BCUT2D eigenvalue weighted by Gasteiger charge is 2.51. The molecule has 4 fully saturated rings. The quantitative estimate of drug-likeness (QED) is 0.859. The van der Waals surface area contributed by atoms with Crippen LogP contribution in [0.4, 0.5) is 13.2 Å². The molecule has 5 rings (SSSR count). The summed E-state index contributed by atoms with van der Waals surface area (Å²) < 4.78 is 39.9. The van der Waals surface area contributed by atoms with Crippen LogP contribution in [0.5, 0.6) is 0 Å². The van der Waals surface area contributed by atoms with Gasteiger partial charge in [-0.3, -0.25) is 5.32 Å². The molecule has 1 aromatic carbocycles. The van der Waals surface area contributed by atoms with Gasteiger partial charge < -0.3 is 0 Å². The van der Waals surface area contributed by atoms with Crippen molar-refractivity contribution in [2.45, 2.75) is 56.3 Å². The summed E-state index contributed by atoms with van der Waals surface area (Å²) in [5.41, 5.74) is -0.787. The Morgan fingerprint density at radius 1 is 1.04 bits per heavy atom. The van der Waals surface area contributed by atoms with Crippen LogP contribution in [0.3, 0.4) is 0 Å². The third-order valence-electron chi connectivity index (χ3n) is 6.20. The monoisotopic (exact) mass is 334 g/mol. The Bertz CT molecular complexity index is 639. The molecule has 0 aliphatic heterocycles. The minimum absolute atomic E-state index is 0.0586. The minimum Gasteiger partial charge on any atom is -0.293 e. The van der Waals surface area contributed by atoms with Crippen molar-refractivity contribution < 1.29 is 13.2 Å². The summed E-state index contributed by atoms with van der Waals surface area (Å²) in [5, 5.41) is 13.0. The highest BCUT2D eigenvalue weighted by Crippen LogP contribution is 2.56. The number of alkyl halides is 3. The number of hydrogen-bond acceptors (Lipinski definition) is 2. The fourth-order valence-electron chi connectivity index (χ4n) is 5.78. The Labute approximate surface area is 140 Å². The van der Waals surface area contributed by atoms with E-state index < -0.39 is 17.8 Å². The number of hydrogen-bond donors (Lipinski definition) is 1. The van der Waals surface area contributed by atoms with E-state index in [1.165, 1.54) is 31.4 Å². The smallest absolute Gasteiger partial charge is 0.293 e. The topological polar surface area (TPSA) is 35.8 Å².